The van der Waals surface area contributed by atoms with E-state index < -0.39 is 10.8 Å². The van der Waals surface area contributed by atoms with Crippen molar-refractivity contribution in [3.05, 3.63) is 57.5 Å². The summed E-state index contributed by atoms with van der Waals surface area (Å²) in [4.78, 5) is 36.2. The maximum Gasteiger partial charge on any atom is 0.293 e. The van der Waals surface area contributed by atoms with Crippen LogP contribution >= 0.6 is 0 Å². The summed E-state index contributed by atoms with van der Waals surface area (Å²) in [5.74, 6) is -0.665. The summed E-state index contributed by atoms with van der Waals surface area (Å²) in [6.07, 6.45) is 2.75. The first-order chi connectivity index (χ1) is 12.9. The van der Waals surface area contributed by atoms with E-state index in [0.717, 1.165) is 5.56 Å². The van der Waals surface area contributed by atoms with Crippen LogP contribution in [0.3, 0.4) is 0 Å². The number of amides is 2. The van der Waals surface area contributed by atoms with E-state index in [1.807, 2.05) is 4.90 Å². The van der Waals surface area contributed by atoms with Crippen molar-refractivity contribution in [2.24, 2.45) is 5.73 Å². The second-order valence-corrected chi connectivity index (χ2v) is 6.49. The van der Waals surface area contributed by atoms with Crippen LogP contribution < -0.4 is 16.0 Å². The first-order valence-corrected chi connectivity index (χ1v) is 8.55. The molecule has 9 nitrogen and oxygen atoms in total. The zero-order valence-electron chi connectivity index (χ0n) is 14.8. The molecule has 1 saturated heterocycles. The highest BCUT2D eigenvalue weighted by Crippen LogP contribution is 2.31. The predicted molar refractivity (Wildman–Crippen MR) is 97.8 cm³/mol. The minimum atomic E-state index is -0.709. The van der Waals surface area contributed by atoms with Gasteiger partial charge in [-0.3, -0.25) is 19.7 Å². The number of hydrogen-bond acceptors (Lipinski definition) is 6. The number of nitrogens with two attached hydrogens (primary N) is 1. The second kappa shape index (κ2) is 7.48. The van der Waals surface area contributed by atoms with Gasteiger partial charge in [0, 0.05) is 36.3 Å². The van der Waals surface area contributed by atoms with Gasteiger partial charge in [0.2, 0.25) is 5.91 Å². The Bertz CT molecular complexity index is 884. The molecule has 2 heterocycles. The molecule has 27 heavy (non-hydrogen) atoms. The quantitative estimate of drug-likeness (QED) is 0.609. The summed E-state index contributed by atoms with van der Waals surface area (Å²) in [6.45, 7) is 2.88. The number of carbonyl (C=O) groups excluding carboxylic acids is 2. The minimum absolute atomic E-state index is 0.0396. The van der Waals surface area contributed by atoms with Gasteiger partial charge in [0.25, 0.3) is 11.6 Å². The zero-order chi connectivity index (χ0) is 19.6. The Balaban J connectivity index is 1.67. The highest BCUT2D eigenvalue weighted by molar-refractivity contribution is 5.94. The van der Waals surface area contributed by atoms with Crippen LogP contribution in [0.25, 0.3) is 0 Å². The average Bonchev–Trinajstić information content (AvgIpc) is 3.08. The van der Waals surface area contributed by atoms with E-state index in [9.17, 15) is 19.7 Å². The Kier molecular flexibility index (Phi) is 5.11. The smallest absolute Gasteiger partial charge is 0.293 e. The van der Waals surface area contributed by atoms with Crippen LogP contribution in [0.15, 0.2) is 34.9 Å². The van der Waals surface area contributed by atoms with Crippen LogP contribution in [0.2, 0.25) is 0 Å². The average molecular weight is 372 g/mol. The molecule has 0 radical (unpaired) electrons. The Morgan fingerprint density at radius 3 is 2.56 bits per heavy atom. The monoisotopic (exact) mass is 372 g/mol. The molecule has 1 aliphatic rings. The van der Waals surface area contributed by atoms with E-state index in [0.29, 0.717) is 37.4 Å². The maximum absolute atomic E-state index is 12.2. The molecule has 0 unspecified atom stereocenters. The van der Waals surface area contributed by atoms with Crippen molar-refractivity contribution in [2.45, 2.75) is 25.8 Å². The maximum atomic E-state index is 12.2. The van der Waals surface area contributed by atoms with E-state index in [2.05, 4.69) is 5.32 Å². The number of benzene rings is 1. The molecule has 142 valence electrons. The van der Waals surface area contributed by atoms with Gasteiger partial charge in [-0.2, -0.15) is 0 Å². The topological polar surface area (TPSA) is 132 Å². The molecule has 0 saturated carbocycles. The molecular formula is C18H20N4O5. The number of primary amides is 1. The van der Waals surface area contributed by atoms with Gasteiger partial charge in [0.05, 0.1) is 11.2 Å². The van der Waals surface area contributed by atoms with Crippen molar-refractivity contribution < 1.29 is 18.9 Å². The van der Waals surface area contributed by atoms with Gasteiger partial charge in [-0.05, 0) is 38.0 Å². The highest BCUT2D eigenvalue weighted by atomic mass is 16.6. The number of anilines is 1. The van der Waals surface area contributed by atoms with Crippen LogP contribution in [0.1, 0.15) is 39.3 Å². The first-order valence-electron chi connectivity index (χ1n) is 8.55. The van der Waals surface area contributed by atoms with Crippen molar-refractivity contribution in [1.82, 2.24) is 5.32 Å². The Hall–Kier alpha value is -3.36. The van der Waals surface area contributed by atoms with E-state index in [1.165, 1.54) is 18.4 Å². The standard InChI is InChI=1S/C18H20N4O5/c1-11-6-9-27-16(11)18(24)20-13-4-7-21(8-5-13)14-3-2-12(17(19)23)10-15(14)22(25)26/h2-3,6,9-10,13H,4-5,7-8H2,1H3,(H2,19,23)(H,20,24). The Morgan fingerprint density at radius 2 is 2.00 bits per heavy atom. The third kappa shape index (κ3) is 3.91. The lowest BCUT2D eigenvalue weighted by Crippen LogP contribution is -2.45. The Labute approximate surface area is 155 Å². The lowest BCUT2D eigenvalue weighted by molar-refractivity contribution is -0.384. The molecule has 1 fully saturated rings. The minimum Gasteiger partial charge on any atom is -0.459 e. The molecule has 1 aliphatic heterocycles. The molecule has 2 amide bonds. The number of piperidine rings is 1. The van der Waals surface area contributed by atoms with Crippen LogP contribution in [-0.4, -0.2) is 35.9 Å². The molecule has 1 aromatic carbocycles. The number of nitro benzene ring substituents is 1. The van der Waals surface area contributed by atoms with E-state index in [1.54, 1.807) is 19.1 Å². The largest absolute Gasteiger partial charge is 0.459 e. The van der Waals surface area contributed by atoms with Gasteiger partial charge in [0.1, 0.15) is 5.69 Å². The lowest BCUT2D eigenvalue weighted by atomic mass is 10.0. The van der Waals surface area contributed by atoms with Gasteiger partial charge >= 0.3 is 0 Å². The number of furan rings is 1. The first kappa shape index (κ1) is 18.4. The van der Waals surface area contributed by atoms with Gasteiger partial charge < -0.3 is 20.4 Å². The normalized spacial score (nSPS) is 14.8. The fraction of sp³-hybridized carbons (Fsp3) is 0.333. The number of hydrogen-bond donors (Lipinski definition) is 2. The molecule has 3 N–H and O–H groups in total. The van der Waals surface area contributed by atoms with Crippen molar-refractivity contribution in [2.75, 3.05) is 18.0 Å². The fourth-order valence-electron chi connectivity index (χ4n) is 3.21. The number of carbonyl (C=O) groups is 2. The van der Waals surface area contributed by atoms with E-state index in [-0.39, 0.29) is 23.2 Å². The Morgan fingerprint density at radius 1 is 1.30 bits per heavy atom. The van der Waals surface area contributed by atoms with Crippen molar-refractivity contribution in [3.8, 4) is 0 Å². The molecule has 0 atom stereocenters. The third-order valence-electron chi connectivity index (χ3n) is 4.70. The molecular weight excluding hydrogens is 352 g/mol. The summed E-state index contributed by atoms with van der Waals surface area (Å²) < 4.78 is 5.20. The van der Waals surface area contributed by atoms with Crippen LogP contribution in [0, 0.1) is 17.0 Å². The molecule has 1 aromatic heterocycles. The van der Waals surface area contributed by atoms with E-state index in [4.69, 9.17) is 10.2 Å². The van der Waals surface area contributed by atoms with Crippen molar-refractivity contribution >= 4 is 23.2 Å². The lowest BCUT2D eigenvalue weighted by Gasteiger charge is -2.33. The summed E-state index contributed by atoms with van der Waals surface area (Å²) in [5.41, 5.74) is 6.36. The summed E-state index contributed by atoms with van der Waals surface area (Å²) in [5, 5.41) is 14.3. The number of rotatable bonds is 5. The molecule has 0 spiro atoms. The van der Waals surface area contributed by atoms with Crippen LogP contribution in [0.5, 0.6) is 0 Å². The van der Waals surface area contributed by atoms with Crippen LogP contribution in [0.4, 0.5) is 11.4 Å². The summed E-state index contributed by atoms with van der Waals surface area (Å²) in [7, 11) is 0. The van der Waals surface area contributed by atoms with Crippen molar-refractivity contribution in [3.63, 3.8) is 0 Å². The van der Waals surface area contributed by atoms with Crippen molar-refractivity contribution in [1.29, 1.82) is 0 Å². The third-order valence-corrected chi connectivity index (χ3v) is 4.70. The molecule has 2 aromatic rings. The number of nitrogens with zero attached hydrogens (tertiary/aromatic N) is 2. The second-order valence-electron chi connectivity index (χ2n) is 6.49. The van der Waals surface area contributed by atoms with Gasteiger partial charge in [-0.1, -0.05) is 0 Å². The highest BCUT2D eigenvalue weighted by Gasteiger charge is 2.27. The van der Waals surface area contributed by atoms with Gasteiger partial charge in [-0.15, -0.1) is 0 Å². The van der Waals surface area contributed by atoms with Gasteiger partial charge in [0.15, 0.2) is 5.76 Å². The number of nitrogens with one attached hydrogen (secondary N) is 1. The van der Waals surface area contributed by atoms with Gasteiger partial charge in [-0.25, -0.2) is 0 Å². The molecule has 9 heteroatoms. The number of aryl methyl sites for hydroxylation is 1. The zero-order valence-corrected chi connectivity index (χ0v) is 14.8. The molecule has 0 aliphatic carbocycles. The number of nitro groups is 1. The predicted octanol–water partition coefficient (Wildman–Crippen LogP) is 1.99. The summed E-state index contributed by atoms with van der Waals surface area (Å²) in [6, 6.07) is 5.92. The molecule has 0 bridgehead atoms. The molecule has 3 rings (SSSR count). The van der Waals surface area contributed by atoms with Crippen LogP contribution in [-0.2, 0) is 0 Å². The fourth-order valence-corrected chi connectivity index (χ4v) is 3.21. The van der Waals surface area contributed by atoms with E-state index >= 15 is 0 Å². The SMILES string of the molecule is Cc1ccoc1C(=O)NC1CCN(c2ccc(C(N)=O)cc2[N+](=O)[O-])CC1. The summed E-state index contributed by atoms with van der Waals surface area (Å²) >= 11 is 0.